The maximum absolute atomic E-state index is 9.54. The Kier molecular flexibility index (Phi) is 12.0. The van der Waals surface area contributed by atoms with Gasteiger partial charge in [-0.25, -0.2) is 0 Å². The molecule has 0 amide bonds. The van der Waals surface area contributed by atoms with Gasteiger partial charge in [0.1, 0.15) is 0 Å². The topological polar surface area (TPSA) is 53.0 Å². The summed E-state index contributed by atoms with van der Waals surface area (Å²) in [5.74, 6) is 2.54. The summed E-state index contributed by atoms with van der Waals surface area (Å²) in [5, 5.41) is 5.18. The number of nitrogens with zero attached hydrogens (tertiary/aromatic N) is 6. The van der Waals surface area contributed by atoms with Crippen LogP contribution in [-0.2, 0) is 41.0 Å². The Bertz CT molecular complexity index is 3990. The van der Waals surface area contributed by atoms with Crippen molar-refractivity contribution >= 4 is 29.5 Å². The van der Waals surface area contributed by atoms with Gasteiger partial charge in [0, 0.05) is 6.20 Å². The van der Waals surface area contributed by atoms with Crippen molar-refractivity contribution in [3.63, 3.8) is 0 Å². The number of pyridine rings is 1. The van der Waals surface area contributed by atoms with E-state index in [0.29, 0.717) is 28.7 Å². The second kappa shape index (κ2) is 19.5. The standard InChI is InChI=1S/C67H75BN6O.Pt/c1-43(2)41-68-73(61-38-48(31-32-69-61)64(5,6)7)60-40-54(29-30-55(60)62-44(3)45(4)70-74(62)68)75-53-26-22-25-52(39-53)71-42-72(59-28-21-20-27-58(59)71)63-56(46-23-18-17-19-24-46)36-51(67(14,15)16)37-57(63)47-33-49(65(8,9)10)35-50(34-47)66(11,12)13;/h17-40,43H,41H2,1-16H3;/i17D,18D,19D,23D,24D;. The Morgan fingerprint density at radius 2 is 1.20 bits per heavy atom. The quantitative estimate of drug-likeness (QED) is 0.135. The normalized spacial score (nSPS) is 14.1. The molecule has 9 aromatic rings. The van der Waals surface area contributed by atoms with E-state index in [1.54, 1.807) is 0 Å². The van der Waals surface area contributed by atoms with Gasteiger partial charge in [-0.1, -0.05) is 34.6 Å². The minimum atomic E-state index is -0.431. The molecule has 1 aliphatic rings. The van der Waals surface area contributed by atoms with Gasteiger partial charge in [0.05, 0.1) is 5.69 Å². The molecule has 0 bridgehead atoms. The molecule has 0 spiro atoms. The number of benzene rings is 6. The summed E-state index contributed by atoms with van der Waals surface area (Å²) in [6.07, 6.45) is 2.77. The number of para-hydroxylation sites is 2. The van der Waals surface area contributed by atoms with Crippen LogP contribution in [-0.4, -0.2) is 30.8 Å². The number of rotatable bonds is 9. The van der Waals surface area contributed by atoms with Crippen LogP contribution < -0.4 is 9.55 Å². The van der Waals surface area contributed by atoms with Crippen LogP contribution >= 0.6 is 0 Å². The number of hydrogen-bond donors (Lipinski definition) is 0. The van der Waals surface area contributed by atoms with Crippen molar-refractivity contribution in [3.8, 4) is 56.4 Å². The van der Waals surface area contributed by atoms with Crippen LogP contribution in [0.2, 0.25) is 6.32 Å². The maximum atomic E-state index is 9.54. The Morgan fingerprint density at radius 3 is 1.82 bits per heavy atom. The van der Waals surface area contributed by atoms with Gasteiger partial charge in [-0.3, -0.25) is 0 Å². The van der Waals surface area contributed by atoms with E-state index in [0.717, 1.165) is 77.6 Å². The fourth-order valence-electron chi connectivity index (χ4n) is 10.5. The van der Waals surface area contributed by atoms with Crippen LogP contribution in [0.15, 0.2) is 146 Å². The first-order chi connectivity index (χ1) is 37.8. The number of hydrogen-bond acceptors (Lipinski definition) is 4. The molecule has 0 saturated heterocycles. The molecule has 3 aromatic heterocycles. The number of ether oxygens (including phenoxy) is 1. The summed E-state index contributed by atoms with van der Waals surface area (Å²) < 4.78 is 60.2. The van der Waals surface area contributed by atoms with Crippen LogP contribution in [0.1, 0.15) is 137 Å². The third kappa shape index (κ3) is 9.92. The van der Waals surface area contributed by atoms with Gasteiger partial charge in [0.2, 0.25) is 0 Å². The molecular formula is C67H75BN6OPt. The molecule has 0 aliphatic carbocycles. The Labute approximate surface area is 470 Å². The Hall–Kier alpha value is -6.50. The average molecular weight is 1190 g/mol. The van der Waals surface area contributed by atoms with Crippen molar-refractivity contribution in [2.75, 3.05) is 4.81 Å². The molecule has 7 nitrogen and oxygen atoms in total. The molecule has 76 heavy (non-hydrogen) atoms. The van der Waals surface area contributed by atoms with Crippen molar-refractivity contribution in [1.82, 2.24) is 23.8 Å². The molecule has 0 unspecified atom stereocenters. The second-order valence-corrected chi connectivity index (χ2v) is 26.3. The van der Waals surface area contributed by atoms with Crippen LogP contribution in [0.25, 0.3) is 55.9 Å². The number of imidazole rings is 1. The molecule has 0 radical (unpaired) electrons. The summed E-state index contributed by atoms with van der Waals surface area (Å²) in [7, 11) is 0. The minimum absolute atomic E-state index is 0.0912. The zero-order valence-electron chi connectivity index (χ0n) is 52.2. The first kappa shape index (κ1) is 46.8. The van der Waals surface area contributed by atoms with Crippen LogP contribution in [0.4, 0.5) is 11.5 Å². The van der Waals surface area contributed by atoms with E-state index in [1.165, 1.54) is 16.7 Å². The van der Waals surface area contributed by atoms with Crippen molar-refractivity contribution < 1.29 is 30.9 Å². The molecule has 9 heteroatoms. The first-order valence-electron chi connectivity index (χ1n) is 29.2. The van der Waals surface area contributed by atoms with E-state index in [2.05, 4.69) is 221 Å². The third-order valence-electron chi connectivity index (χ3n) is 15.0. The van der Waals surface area contributed by atoms with Gasteiger partial charge in [-0.15, -0.1) is 0 Å². The molecule has 4 heterocycles. The van der Waals surface area contributed by atoms with Crippen LogP contribution in [0.3, 0.4) is 0 Å². The SMILES string of the molecule is [2H]c1c([2H])c([2H])c(-c2cc(C(C)(C)C)cc(-c3cc(C(C)(C)C)cc(C(C)(C)C)c3)c2-n2[c](=[Pt])n(-c3cccc(Oc4ccc5c(c4)N(c4cc(C(C)(C)C)ccn4)B(CC(C)C)n4nc(C)c(C)c4-5)c3)c3ccccc32)c([2H])c1[2H]. The zero-order valence-corrected chi connectivity index (χ0v) is 49.5. The molecule has 1 aliphatic heterocycles. The third-order valence-corrected chi connectivity index (χ3v) is 16.0. The number of anilines is 2. The van der Waals surface area contributed by atoms with E-state index in [-0.39, 0.29) is 53.0 Å². The fourth-order valence-corrected chi connectivity index (χ4v) is 11.6. The number of aryl methyl sites for hydroxylation is 1. The summed E-state index contributed by atoms with van der Waals surface area (Å²) in [5.41, 5.74) is 14.8. The molecule has 10 rings (SSSR count). The second-order valence-electron chi connectivity index (χ2n) is 25.3. The van der Waals surface area contributed by atoms with Crippen LogP contribution in [0.5, 0.6) is 11.5 Å². The van der Waals surface area contributed by atoms with Crippen molar-refractivity contribution in [1.29, 1.82) is 0 Å². The van der Waals surface area contributed by atoms with E-state index in [9.17, 15) is 2.74 Å². The molecule has 0 atom stereocenters. The summed E-state index contributed by atoms with van der Waals surface area (Å²) in [6, 6.07) is 36.6. The predicted octanol–water partition coefficient (Wildman–Crippen LogP) is 17.8. The predicted molar refractivity (Wildman–Crippen MR) is 316 cm³/mol. The number of fused-ring (bicyclic) bond motifs is 4. The Balaban J connectivity index is 1.20. The van der Waals surface area contributed by atoms with Gasteiger partial charge in [0.25, 0.3) is 0 Å². The zero-order chi connectivity index (χ0) is 58.7. The number of aromatic nitrogens is 5. The first-order valence-corrected chi connectivity index (χ1v) is 27.8. The molecule has 0 N–H and O–H groups in total. The monoisotopic (exact) mass is 1190 g/mol. The molecule has 0 saturated carbocycles. The van der Waals surface area contributed by atoms with E-state index in [1.807, 2.05) is 42.6 Å². The summed E-state index contributed by atoms with van der Waals surface area (Å²) >= 11 is 2.41. The van der Waals surface area contributed by atoms with Crippen molar-refractivity contribution in [2.24, 2.45) is 5.92 Å². The van der Waals surface area contributed by atoms with Gasteiger partial charge >= 0.3 is 385 Å². The summed E-state index contributed by atoms with van der Waals surface area (Å²) in [4.78, 5) is 7.40. The van der Waals surface area contributed by atoms with Gasteiger partial charge in [0.15, 0.2) is 0 Å². The molecule has 392 valence electrons. The van der Waals surface area contributed by atoms with Crippen LogP contribution in [0, 0.1) is 23.6 Å². The van der Waals surface area contributed by atoms with E-state index in [4.69, 9.17) is 18.9 Å². The van der Waals surface area contributed by atoms with Gasteiger partial charge in [-0.05, 0) is 36.8 Å². The van der Waals surface area contributed by atoms with E-state index >= 15 is 0 Å². The average Bonchev–Trinajstić information content (AvgIpc) is 3.76. The Morgan fingerprint density at radius 1 is 0.605 bits per heavy atom. The fraction of sp³-hybridized carbons (Fsp3) is 0.328. The van der Waals surface area contributed by atoms with Crippen molar-refractivity contribution in [2.45, 2.75) is 139 Å². The molecular weight excluding hydrogens is 1110 g/mol. The summed E-state index contributed by atoms with van der Waals surface area (Å²) in [6.45, 7) is 35.2. The molecule has 6 aromatic carbocycles. The van der Waals surface area contributed by atoms with E-state index < -0.39 is 11.5 Å². The van der Waals surface area contributed by atoms with Gasteiger partial charge < -0.3 is 0 Å². The molecule has 0 fully saturated rings. The van der Waals surface area contributed by atoms with Crippen molar-refractivity contribution in [3.05, 3.63) is 183 Å². The van der Waals surface area contributed by atoms with Gasteiger partial charge in [-0.2, -0.15) is 5.10 Å².